The zero-order chi connectivity index (χ0) is 37.4. The first-order valence-corrected chi connectivity index (χ1v) is 19.4. The number of fused-ring (bicyclic) bond motifs is 1. The molecule has 6 aromatic rings. The Bertz CT molecular complexity index is 2310. The van der Waals surface area contributed by atoms with E-state index in [4.69, 9.17) is 9.72 Å². The molecule has 6 heterocycles. The second-order valence-corrected chi connectivity index (χ2v) is 15.8. The Labute approximate surface area is 318 Å². The van der Waals surface area contributed by atoms with Crippen molar-refractivity contribution in [2.75, 3.05) is 33.3 Å². The minimum atomic E-state index is -1.13. The largest absolute Gasteiger partial charge is 0.497 e. The van der Waals surface area contributed by atoms with Crippen molar-refractivity contribution in [3.05, 3.63) is 124 Å². The van der Waals surface area contributed by atoms with Crippen molar-refractivity contribution in [2.24, 2.45) is 5.92 Å². The fourth-order valence-electron chi connectivity index (χ4n) is 7.96. The SMILES string of the molecule is COc1ccc(-n2ccc3c(=O)n(CC4(O)CCN(C(=O)[C@@H]5CCN(Cc6sc(-c7ccc(C)nc7)nc6C)C[C@H]5c5ccccc5)CC4)cnc32)cc1. The van der Waals surface area contributed by atoms with Crippen LogP contribution in [0.5, 0.6) is 5.75 Å². The number of rotatable bonds is 9. The first-order chi connectivity index (χ1) is 26.2. The highest BCUT2D eigenvalue weighted by molar-refractivity contribution is 7.15. The Morgan fingerprint density at radius 1 is 0.981 bits per heavy atom. The Balaban J connectivity index is 0.932. The summed E-state index contributed by atoms with van der Waals surface area (Å²) >= 11 is 1.72. The molecular weight excluding hydrogens is 699 g/mol. The summed E-state index contributed by atoms with van der Waals surface area (Å²) in [6.45, 7) is 7.43. The molecule has 4 aromatic heterocycles. The van der Waals surface area contributed by atoms with Crippen LogP contribution in [0.15, 0.2) is 96.3 Å². The first-order valence-electron chi connectivity index (χ1n) is 18.6. The standard InChI is InChI=1S/C42H45N7O4S/c1-28-9-10-31(23-43-28)39-45-29(2)37(54-39)25-46-19-15-34(36(24-46)30-7-5-4-6-8-30)40(50)47-21-17-42(52,18-22-47)26-48-27-44-38-35(41(48)51)16-20-49(38)32-11-13-33(53-3)14-12-32/h4-14,16,20,23,27,34,36,52H,15,17-19,21-22,24-26H2,1-3H3/t34-,36+/m1/s1. The average molecular weight is 744 g/mol. The van der Waals surface area contributed by atoms with Gasteiger partial charge in [0, 0.05) is 72.2 Å². The summed E-state index contributed by atoms with van der Waals surface area (Å²) in [5, 5.41) is 13.2. The molecule has 0 bridgehead atoms. The highest BCUT2D eigenvalue weighted by Crippen LogP contribution is 2.37. The van der Waals surface area contributed by atoms with E-state index in [2.05, 4.69) is 40.0 Å². The predicted molar refractivity (Wildman–Crippen MR) is 210 cm³/mol. The summed E-state index contributed by atoms with van der Waals surface area (Å²) in [5.74, 6) is 0.783. The lowest BCUT2D eigenvalue weighted by atomic mass is 9.79. The van der Waals surface area contributed by atoms with Crippen molar-refractivity contribution in [3.63, 3.8) is 0 Å². The van der Waals surface area contributed by atoms with Crippen LogP contribution >= 0.6 is 11.3 Å². The third kappa shape index (κ3) is 7.21. The van der Waals surface area contributed by atoms with Gasteiger partial charge in [0.15, 0.2) is 5.65 Å². The number of hydrogen-bond donors (Lipinski definition) is 1. The van der Waals surface area contributed by atoms with Gasteiger partial charge >= 0.3 is 0 Å². The van der Waals surface area contributed by atoms with Crippen LogP contribution in [-0.4, -0.2) is 83.8 Å². The molecule has 2 aliphatic rings. The molecule has 0 aliphatic carbocycles. The number of likely N-dealkylation sites (tertiary alicyclic amines) is 2. The fraction of sp³-hybridized carbons (Fsp3) is 0.357. The highest BCUT2D eigenvalue weighted by atomic mass is 32.1. The summed E-state index contributed by atoms with van der Waals surface area (Å²) in [6.07, 6.45) is 6.76. The number of nitrogens with zero attached hydrogens (tertiary/aromatic N) is 7. The lowest BCUT2D eigenvalue weighted by Gasteiger charge is -2.43. The number of thiazole rings is 1. The van der Waals surface area contributed by atoms with Gasteiger partial charge in [0.1, 0.15) is 17.1 Å². The highest BCUT2D eigenvalue weighted by Gasteiger charge is 2.41. The summed E-state index contributed by atoms with van der Waals surface area (Å²) in [6, 6.07) is 23.8. The van der Waals surface area contributed by atoms with E-state index < -0.39 is 5.60 Å². The number of carbonyl (C=O) groups excluding carboxylic acids is 1. The van der Waals surface area contributed by atoms with Gasteiger partial charge in [-0.1, -0.05) is 30.3 Å². The van der Waals surface area contributed by atoms with Gasteiger partial charge in [-0.15, -0.1) is 11.3 Å². The second kappa shape index (κ2) is 14.9. The Hall–Kier alpha value is -5.17. The van der Waals surface area contributed by atoms with Gasteiger partial charge < -0.3 is 19.3 Å². The molecule has 11 nitrogen and oxygen atoms in total. The third-order valence-corrected chi connectivity index (χ3v) is 12.3. The van der Waals surface area contributed by atoms with Crippen LogP contribution in [0.25, 0.3) is 27.3 Å². The number of benzene rings is 2. The molecule has 0 unspecified atom stereocenters. The maximum Gasteiger partial charge on any atom is 0.262 e. The molecule has 278 valence electrons. The molecule has 0 radical (unpaired) electrons. The van der Waals surface area contributed by atoms with Gasteiger partial charge in [0.2, 0.25) is 5.91 Å². The van der Waals surface area contributed by atoms with Gasteiger partial charge in [-0.05, 0) is 87.7 Å². The van der Waals surface area contributed by atoms with E-state index in [0.717, 1.165) is 59.5 Å². The van der Waals surface area contributed by atoms with E-state index in [9.17, 15) is 14.7 Å². The smallest absolute Gasteiger partial charge is 0.262 e. The van der Waals surface area contributed by atoms with Crippen LogP contribution in [0, 0.1) is 19.8 Å². The van der Waals surface area contributed by atoms with Gasteiger partial charge in [-0.2, -0.15) is 0 Å². The number of methoxy groups -OCH3 is 1. The molecule has 2 aliphatic heterocycles. The molecular formula is C42H45N7O4S. The predicted octanol–water partition coefficient (Wildman–Crippen LogP) is 5.99. The molecule has 1 amide bonds. The molecule has 12 heteroatoms. The maximum atomic E-state index is 14.3. The molecule has 2 saturated heterocycles. The molecule has 8 rings (SSSR count). The minimum absolute atomic E-state index is 0.0452. The van der Waals surface area contributed by atoms with E-state index in [0.29, 0.717) is 37.0 Å². The molecule has 2 aromatic carbocycles. The van der Waals surface area contributed by atoms with Gasteiger partial charge in [-0.25, -0.2) is 9.97 Å². The second-order valence-electron chi connectivity index (χ2n) is 14.7. The monoisotopic (exact) mass is 743 g/mol. The molecule has 2 fully saturated rings. The number of pyridine rings is 1. The lowest BCUT2D eigenvalue weighted by Crippen LogP contribution is -2.53. The number of ether oxygens (including phenoxy) is 1. The number of carbonyl (C=O) groups is 1. The van der Waals surface area contributed by atoms with Crippen molar-refractivity contribution in [1.82, 2.24) is 33.9 Å². The summed E-state index contributed by atoms with van der Waals surface area (Å²) < 4.78 is 8.65. The van der Waals surface area contributed by atoms with Crippen LogP contribution in [0.3, 0.4) is 0 Å². The Kier molecular flexibility index (Phi) is 9.91. The van der Waals surface area contributed by atoms with Crippen LogP contribution < -0.4 is 10.3 Å². The normalized spacial score (nSPS) is 18.9. The topological polar surface area (TPSA) is 119 Å². The van der Waals surface area contributed by atoms with Gasteiger partial charge in [0.05, 0.1) is 30.3 Å². The Morgan fingerprint density at radius 3 is 2.48 bits per heavy atom. The summed E-state index contributed by atoms with van der Waals surface area (Å²) in [7, 11) is 1.62. The lowest BCUT2D eigenvalue weighted by molar-refractivity contribution is -0.142. The van der Waals surface area contributed by atoms with Crippen LogP contribution in [-0.2, 0) is 17.9 Å². The molecule has 0 spiro atoms. The number of hydrogen-bond acceptors (Lipinski definition) is 9. The van der Waals surface area contributed by atoms with E-state index in [1.54, 1.807) is 24.5 Å². The van der Waals surface area contributed by atoms with Crippen molar-refractivity contribution in [3.8, 4) is 22.0 Å². The van der Waals surface area contributed by atoms with Crippen molar-refractivity contribution >= 4 is 28.3 Å². The van der Waals surface area contributed by atoms with Crippen molar-refractivity contribution in [2.45, 2.75) is 57.7 Å². The van der Waals surface area contributed by atoms with E-state index in [-0.39, 0.29) is 29.8 Å². The van der Waals surface area contributed by atoms with E-state index >= 15 is 0 Å². The van der Waals surface area contributed by atoms with E-state index in [1.807, 2.05) is 77.3 Å². The summed E-state index contributed by atoms with van der Waals surface area (Å²) in [4.78, 5) is 47.5. The molecule has 0 saturated carbocycles. The van der Waals surface area contributed by atoms with Crippen LogP contribution in [0.4, 0.5) is 0 Å². The fourth-order valence-corrected chi connectivity index (χ4v) is 9.06. The maximum absolute atomic E-state index is 14.3. The van der Waals surface area contributed by atoms with Crippen molar-refractivity contribution in [1.29, 1.82) is 0 Å². The Morgan fingerprint density at radius 2 is 1.76 bits per heavy atom. The van der Waals surface area contributed by atoms with Crippen molar-refractivity contribution < 1.29 is 14.6 Å². The quantitative estimate of drug-likeness (QED) is 0.192. The zero-order valence-corrected chi connectivity index (χ0v) is 31.7. The number of aliphatic hydroxyl groups is 1. The van der Waals surface area contributed by atoms with Crippen LogP contribution in [0.1, 0.15) is 47.0 Å². The minimum Gasteiger partial charge on any atom is -0.497 e. The average Bonchev–Trinajstić information content (AvgIpc) is 3.80. The summed E-state index contributed by atoms with van der Waals surface area (Å²) in [5.41, 5.74) is 4.32. The molecule has 1 N–H and O–H groups in total. The van der Waals surface area contributed by atoms with Crippen LogP contribution in [0.2, 0.25) is 0 Å². The van der Waals surface area contributed by atoms with E-state index in [1.165, 1.54) is 21.3 Å². The number of piperidine rings is 2. The number of aromatic nitrogens is 5. The molecule has 54 heavy (non-hydrogen) atoms. The zero-order valence-electron chi connectivity index (χ0n) is 30.9. The number of amides is 1. The van der Waals surface area contributed by atoms with Gasteiger partial charge in [-0.3, -0.25) is 24.0 Å². The third-order valence-electron chi connectivity index (χ3n) is 11.2. The number of aryl methyl sites for hydroxylation is 2. The molecule has 2 atom stereocenters. The van der Waals surface area contributed by atoms with Gasteiger partial charge in [0.25, 0.3) is 5.56 Å². The first kappa shape index (κ1) is 35.8.